The summed E-state index contributed by atoms with van der Waals surface area (Å²) in [5.41, 5.74) is -3.68. The number of nitrogens with one attached hydrogen (secondary N) is 1. The highest BCUT2D eigenvalue weighted by Gasteiger charge is 2.64. The van der Waals surface area contributed by atoms with Crippen molar-refractivity contribution in [3.63, 3.8) is 0 Å². The Morgan fingerprint density at radius 1 is 0.914 bits per heavy atom. The first-order chi connectivity index (χ1) is 16.6. The molecule has 0 aliphatic heterocycles. The van der Waals surface area contributed by atoms with Gasteiger partial charge in [-0.1, -0.05) is 54.6 Å². The summed E-state index contributed by atoms with van der Waals surface area (Å²) >= 11 is 0. The van der Waals surface area contributed by atoms with Gasteiger partial charge in [0.25, 0.3) is 11.5 Å². The minimum absolute atomic E-state index is 0.0133. The van der Waals surface area contributed by atoms with Gasteiger partial charge in [0.2, 0.25) is 0 Å². The van der Waals surface area contributed by atoms with Crippen LogP contribution >= 0.6 is 0 Å². The summed E-state index contributed by atoms with van der Waals surface area (Å²) in [6, 6.07) is 20.6. The Kier molecular flexibility index (Phi) is 6.12. The normalized spacial score (nSPS) is 13.3. The number of rotatable bonds is 5. The zero-order valence-electron chi connectivity index (χ0n) is 18.8. The molecule has 9 heteroatoms. The van der Waals surface area contributed by atoms with E-state index in [4.69, 9.17) is 0 Å². The van der Waals surface area contributed by atoms with E-state index in [1.54, 1.807) is 54.6 Å². The van der Waals surface area contributed by atoms with Crippen LogP contribution in [0.2, 0.25) is 0 Å². The van der Waals surface area contributed by atoms with E-state index in [1.807, 2.05) is 0 Å². The van der Waals surface area contributed by atoms with E-state index in [1.165, 1.54) is 35.9 Å². The number of alkyl halides is 3. The van der Waals surface area contributed by atoms with Gasteiger partial charge >= 0.3 is 12.1 Å². The van der Waals surface area contributed by atoms with Crippen LogP contribution in [-0.4, -0.2) is 34.8 Å². The van der Waals surface area contributed by atoms with E-state index in [-0.39, 0.29) is 22.3 Å². The molecule has 0 aliphatic carbocycles. The molecule has 180 valence electrons. The average molecular weight is 482 g/mol. The number of anilines is 1. The lowest BCUT2D eigenvalue weighted by Gasteiger charge is -2.29. The van der Waals surface area contributed by atoms with Crippen LogP contribution in [0.15, 0.2) is 78.9 Å². The lowest BCUT2D eigenvalue weighted by atomic mass is 9.88. The molecule has 0 aliphatic rings. The molecule has 0 radical (unpaired) electrons. The zero-order valence-corrected chi connectivity index (χ0v) is 18.8. The number of hydrogen-bond acceptors (Lipinski definition) is 4. The second kappa shape index (κ2) is 8.92. The number of halogens is 3. The minimum Gasteiger partial charge on any atom is -0.466 e. The molecule has 1 heterocycles. The number of aliphatic hydroxyl groups is 1. The van der Waals surface area contributed by atoms with Crippen LogP contribution in [0, 0.1) is 0 Å². The third-order valence-corrected chi connectivity index (χ3v) is 5.83. The topological polar surface area (TPSA) is 80.6 Å². The molecule has 0 saturated heterocycles. The third-order valence-electron chi connectivity index (χ3n) is 5.83. The first-order valence-electron chi connectivity index (χ1n) is 10.5. The number of esters is 1. The van der Waals surface area contributed by atoms with Gasteiger partial charge in [-0.25, -0.2) is 4.79 Å². The van der Waals surface area contributed by atoms with Crippen LogP contribution in [0.5, 0.6) is 0 Å². The standard InChI is InChI=1S/C26H21F3N2O4/c1-31-20-15-9-7-13-18(20)21(25(34,24(33)35-2)26(27,28)29)22(31)17-12-6-8-14-19(17)30-23(32)16-10-4-3-5-11-16/h3-15,34H,1-2H3,(H,30,32). The molecule has 1 atom stereocenters. The molecule has 1 amide bonds. The number of nitrogens with zero attached hydrogens (tertiary/aromatic N) is 1. The van der Waals surface area contributed by atoms with Gasteiger partial charge in [-0.2, -0.15) is 13.2 Å². The SMILES string of the molecule is COC(=O)C(O)(c1c(-c2ccccc2NC(=O)c2ccccc2)n(C)c2ccccc12)C(F)(F)F. The zero-order chi connectivity index (χ0) is 25.4. The molecule has 0 bridgehead atoms. The molecule has 1 aromatic heterocycles. The predicted octanol–water partition coefficient (Wildman–Crippen LogP) is 5.02. The smallest absolute Gasteiger partial charge is 0.432 e. The molecule has 1 unspecified atom stereocenters. The van der Waals surface area contributed by atoms with Gasteiger partial charge < -0.3 is 19.7 Å². The molecule has 6 nitrogen and oxygen atoms in total. The first kappa shape index (κ1) is 24.0. The molecule has 4 aromatic rings. The van der Waals surface area contributed by atoms with Crippen molar-refractivity contribution in [3.8, 4) is 11.3 Å². The number of aromatic nitrogens is 1. The Bertz CT molecular complexity index is 1410. The second-order valence-corrected chi connectivity index (χ2v) is 7.87. The molecule has 0 saturated carbocycles. The second-order valence-electron chi connectivity index (χ2n) is 7.87. The first-order valence-corrected chi connectivity index (χ1v) is 10.5. The highest BCUT2D eigenvalue weighted by atomic mass is 19.4. The van der Waals surface area contributed by atoms with Gasteiger partial charge in [0, 0.05) is 34.6 Å². The number of hydrogen-bond donors (Lipinski definition) is 2. The summed E-state index contributed by atoms with van der Waals surface area (Å²) in [5, 5.41) is 13.7. The van der Waals surface area contributed by atoms with Crippen molar-refractivity contribution < 1.29 is 32.6 Å². The highest BCUT2D eigenvalue weighted by Crippen LogP contribution is 2.49. The van der Waals surface area contributed by atoms with Crippen LogP contribution in [0.4, 0.5) is 18.9 Å². The number of carbonyl (C=O) groups excluding carboxylic acids is 2. The van der Waals surface area contributed by atoms with Crippen molar-refractivity contribution in [1.29, 1.82) is 0 Å². The van der Waals surface area contributed by atoms with Crippen LogP contribution in [0.25, 0.3) is 22.2 Å². The van der Waals surface area contributed by atoms with E-state index in [0.717, 1.165) is 7.11 Å². The number of carbonyl (C=O) groups is 2. The van der Waals surface area contributed by atoms with Crippen molar-refractivity contribution in [3.05, 3.63) is 90.0 Å². The van der Waals surface area contributed by atoms with Crippen LogP contribution in [-0.2, 0) is 22.2 Å². The largest absolute Gasteiger partial charge is 0.466 e. The van der Waals surface area contributed by atoms with Gasteiger partial charge in [-0.15, -0.1) is 0 Å². The Morgan fingerprint density at radius 3 is 2.17 bits per heavy atom. The fourth-order valence-corrected chi connectivity index (χ4v) is 4.16. The van der Waals surface area contributed by atoms with E-state index < -0.39 is 29.2 Å². The molecule has 3 aromatic carbocycles. The Hall–Kier alpha value is -4.11. The van der Waals surface area contributed by atoms with Crippen molar-refractivity contribution >= 4 is 28.5 Å². The van der Waals surface area contributed by atoms with Crippen molar-refractivity contribution in [2.75, 3.05) is 12.4 Å². The summed E-state index contributed by atoms with van der Waals surface area (Å²) in [7, 11) is 2.29. The number of fused-ring (bicyclic) bond motifs is 1. The molecule has 2 N–H and O–H groups in total. The number of methoxy groups -OCH3 is 1. The maximum absolute atomic E-state index is 14.4. The summed E-state index contributed by atoms with van der Waals surface area (Å²) < 4.78 is 48.9. The van der Waals surface area contributed by atoms with E-state index >= 15 is 0 Å². The monoisotopic (exact) mass is 482 g/mol. The van der Waals surface area contributed by atoms with E-state index in [0.29, 0.717) is 11.1 Å². The van der Waals surface area contributed by atoms with Crippen LogP contribution < -0.4 is 5.32 Å². The molecule has 35 heavy (non-hydrogen) atoms. The predicted molar refractivity (Wildman–Crippen MR) is 125 cm³/mol. The van der Waals surface area contributed by atoms with Crippen LogP contribution in [0.3, 0.4) is 0 Å². The lowest BCUT2D eigenvalue weighted by Crippen LogP contribution is -2.50. The number of ether oxygens (including phenoxy) is 1. The molecular weight excluding hydrogens is 461 g/mol. The van der Waals surface area contributed by atoms with Gasteiger partial charge in [0.15, 0.2) is 0 Å². The fourth-order valence-electron chi connectivity index (χ4n) is 4.16. The minimum atomic E-state index is -5.40. The lowest BCUT2D eigenvalue weighted by molar-refractivity contribution is -0.266. The van der Waals surface area contributed by atoms with Crippen molar-refractivity contribution in [2.24, 2.45) is 7.05 Å². The van der Waals surface area contributed by atoms with Gasteiger partial charge in [0.05, 0.1) is 18.5 Å². The molecule has 0 fully saturated rings. The molecular formula is C26H21F3N2O4. The number of benzene rings is 3. The van der Waals surface area contributed by atoms with Gasteiger partial charge in [-0.3, -0.25) is 4.79 Å². The highest BCUT2D eigenvalue weighted by molar-refractivity contribution is 6.07. The number of amides is 1. The Labute approximate surface area is 198 Å². The van der Waals surface area contributed by atoms with Crippen LogP contribution in [0.1, 0.15) is 15.9 Å². The molecule has 4 rings (SSSR count). The summed E-state index contributed by atoms with van der Waals surface area (Å²) in [4.78, 5) is 25.3. The summed E-state index contributed by atoms with van der Waals surface area (Å²) in [6.45, 7) is 0. The maximum Gasteiger partial charge on any atom is 0.432 e. The van der Waals surface area contributed by atoms with Crippen molar-refractivity contribution in [1.82, 2.24) is 4.57 Å². The Balaban J connectivity index is 2.02. The van der Waals surface area contributed by atoms with E-state index in [2.05, 4.69) is 10.1 Å². The molecule has 0 spiro atoms. The number of para-hydroxylation sites is 2. The number of aryl methyl sites for hydroxylation is 1. The van der Waals surface area contributed by atoms with Crippen molar-refractivity contribution in [2.45, 2.75) is 11.8 Å². The van der Waals surface area contributed by atoms with Gasteiger partial charge in [0.1, 0.15) is 0 Å². The summed E-state index contributed by atoms with van der Waals surface area (Å²) in [6.07, 6.45) is -5.40. The average Bonchev–Trinajstić information content (AvgIpc) is 3.15. The fraction of sp³-hybridized carbons (Fsp3) is 0.154. The summed E-state index contributed by atoms with van der Waals surface area (Å²) in [5.74, 6) is -2.34. The Morgan fingerprint density at radius 2 is 1.51 bits per heavy atom. The third kappa shape index (κ3) is 3.93. The van der Waals surface area contributed by atoms with Gasteiger partial charge in [-0.05, 0) is 24.3 Å². The van der Waals surface area contributed by atoms with E-state index in [9.17, 15) is 27.9 Å². The quantitative estimate of drug-likeness (QED) is 0.392. The maximum atomic E-state index is 14.4.